The molecule has 0 aliphatic rings. The van der Waals surface area contributed by atoms with E-state index in [0.29, 0.717) is 5.75 Å². The Kier molecular flexibility index (Phi) is 5.66. The van der Waals surface area contributed by atoms with Crippen molar-refractivity contribution in [3.05, 3.63) is 30.3 Å². The fourth-order valence-electron chi connectivity index (χ4n) is 1.46. The maximum absolute atomic E-state index is 12.0. The van der Waals surface area contributed by atoms with E-state index in [9.17, 15) is 9.32 Å². The molecule has 0 saturated carbocycles. The van der Waals surface area contributed by atoms with Crippen molar-refractivity contribution in [1.29, 1.82) is 0 Å². The third kappa shape index (κ3) is 4.00. The summed E-state index contributed by atoms with van der Waals surface area (Å²) < 4.78 is 12.0. The van der Waals surface area contributed by atoms with Crippen LogP contribution in [0.4, 0.5) is 0 Å². The largest absolute Gasteiger partial charge is 0.392 e. The predicted octanol–water partition coefficient (Wildman–Crippen LogP) is 2.57. The number of aliphatic hydroxyl groups excluding tert-OH is 1. The highest BCUT2D eigenvalue weighted by Gasteiger charge is 2.21. The van der Waals surface area contributed by atoms with Gasteiger partial charge in [0.05, 0.1) is 16.9 Å². The van der Waals surface area contributed by atoms with E-state index in [-0.39, 0.29) is 10.7 Å². The number of rotatable bonds is 5. The number of hydrogen-bond donors (Lipinski definition) is 1. The van der Waals surface area contributed by atoms with Crippen molar-refractivity contribution >= 4 is 26.7 Å². The molecule has 0 spiro atoms. The number of benzene rings is 1. The molecule has 0 aliphatic heterocycles. The molecule has 2 nitrogen and oxygen atoms in total. The van der Waals surface area contributed by atoms with E-state index >= 15 is 0 Å². The predicted molar refractivity (Wildman–Crippen MR) is 71.3 cm³/mol. The van der Waals surface area contributed by atoms with Crippen LogP contribution in [0.25, 0.3) is 0 Å². The highest BCUT2D eigenvalue weighted by atomic mass is 79.9. The number of alkyl halides is 1. The van der Waals surface area contributed by atoms with Crippen LogP contribution in [0, 0.1) is 5.92 Å². The molecule has 16 heavy (non-hydrogen) atoms. The van der Waals surface area contributed by atoms with Crippen LogP contribution in [0.5, 0.6) is 0 Å². The van der Waals surface area contributed by atoms with Crippen molar-refractivity contribution in [2.75, 3.05) is 5.75 Å². The lowest BCUT2D eigenvalue weighted by Gasteiger charge is -2.20. The Hall–Kier alpha value is -0.190. The van der Waals surface area contributed by atoms with Gasteiger partial charge in [-0.1, -0.05) is 48.0 Å². The van der Waals surface area contributed by atoms with Gasteiger partial charge in [-0.25, -0.2) is 0 Å². The van der Waals surface area contributed by atoms with E-state index in [2.05, 4.69) is 15.9 Å². The van der Waals surface area contributed by atoms with Gasteiger partial charge < -0.3 is 5.11 Å². The zero-order valence-corrected chi connectivity index (χ0v) is 11.9. The molecule has 0 bridgehead atoms. The van der Waals surface area contributed by atoms with Gasteiger partial charge in [0, 0.05) is 15.5 Å². The summed E-state index contributed by atoms with van der Waals surface area (Å²) in [5.74, 6) is 0.497. The topological polar surface area (TPSA) is 37.3 Å². The Labute approximate surface area is 108 Å². The van der Waals surface area contributed by atoms with Crippen LogP contribution in [0.1, 0.15) is 13.8 Å². The monoisotopic (exact) mass is 304 g/mol. The lowest BCUT2D eigenvalue weighted by Crippen LogP contribution is -2.29. The zero-order valence-electron chi connectivity index (χ0n) is 9.47. The van der Waals surface area contributed by atoms with Crippen LogP contribution in [0.15, 0.2) is 35.2 Å². The average Bonchev–Trinajstić information content (AvgIpc) is 2.28. The quantitative estimate of drug-likeness (QED) is 0.849. The third-order valence-corrected chi connectivity index (χ3v) is 4.64. The van der Waals surface area contributed by atoms with E-state index in [1.54, 1.807) is 0 Å². The fraction of sp³-hybridized carbons (Fsp3) is 0.500. The molecule has 90 valence electrons. The Balaban J connectivity index is 2.59. The summed E-state index contributed by atoms with van der Waals surface area (Å²) in [6, 6.07) is 9.36. The van der Waals surface area contributed by atoms with Crippen molar-refractivity contribution < 1.29 is 9.32 Å². The molecule has 0 amide bonds. The number of aliphatic hydroxyl groups is 1. The molecule has 1 aromatic carbocycles. The van der Waals surface area contributed by atoms with E-state index < -0.39 is 16.9 Å². The number of halogens is 1. The molecule has 1 N–H and O–H groups in total. The Morgan fingerprint density at radius 3 is 2.38 bits per heavy atom. The Bertz CT molecular complexity index is 340. The molecule has 4 atom stereocenters. The van der Waals surface area contributed by atoms with Crippen molar-refractivity contribution in [2.24, 2.45) is 5.92 Å². The third-order valence-electron chi connectivity index (χ3n) is 2.47. The second-order valence-corrected chi connectivity index (χ2v) is 6.91. The summed E-state index contributed by atoms with van der Waals surface area (Å²) >= 11 is 3.34. The standard InChI is InChI=1S/C12H17BrO2S/c1-9(12(14)10(2)13)8-16(15)11-6-4-3-5-7-11/h3-7,9-10,12,14H,8H2,1-2H3/t9-,10-,12+,16-/m1/s1. The normalized spacial score (nSPS) is 18.8. The van der Waals surface area contributed by atoms with Crippen LogP contribution < -0.4 is 0 Å². The van der Waals surface area contributed by atoms with Gasteiger partial charge in [0.15, 0.2) is 0 Å². The van der Waals surface area contributed by atoms with Gasteiger partial charge in [-0.15, -0.1) is 0 Å². The summed E-state index contributed by atoms with van der Waals surface area (Å²) in [6.45, 7) is 3.82. The first-order valence-corrected chi connectivity index (χ1v) is 7.51. The van der Waals surface area contributed by atoms with Gasteiger partial charge in [-0.3, -0.25) is 4.21 Å². The molecule has 0 aromatic heterocycles. The molecular weight excluding hydrogens is 288 g/mol. The van der Waals surface area contributed by atoms with Crippen LogP contribution in [0.3, 0.4) is 0 Å². The van der Waals surface area contributed by atoms with E-state index in [4.69, 9.17) is 0 Å². The highest BCUT2D eigenvalue weighted by molar-refractivity contribution is 9.09. The van der Waals surface area contributed by atoms with Crippen molar-refractivity contribution in [3.8, 4) is 0 Å². The summed E-state index contributed by atoms with van der Waals surface area (Å²) in [7, 11) is -1.03. The number of hydrogen-bond acceptors (Lipinski definition) is 2. The maximum Gasteiger partial charge on any atom is 0.0696 e. The van der Waals surface area contributed by atoms with Crippen molar-refractivity contribution in [3.63, 3.8) is 0 Å². The lowest BCUT2D eigenvalue weighted by atomic mass is 10.1. The Morgan fingerprint density at radius 1 is 1.31 bits per heavy atom. The minimum Gasteiger partial charge on any atom is -0.392 e. The summed E-state index contributed by atoms with van der Waals surface area (Å²) in [5, 5.41) is 9.81. The molecule has 0 fully saturated rings. The van der Waals surface area contributed by atoms with E-state index in [1.807, 2.05) is 44.2 Å². The molecule has 0 heterocycles. The molecular formula is C12H17BrO2S. The van der Waals surface area contributed by atoms with Gasteiger partial charge in [0.1, 0.15) is 0 Å². The SMILES string of the molecule is C[C@H](C[S@@](=O)c1ccccc1)[C@H](O)[C@@H](C)Br. The highest BCUT2D eigenvalue weighted by Crippen LogP contribution is 2.17. The van der Waals surface area contributed by atoms with E-state index in [0.717, 1.165) is 4.90 Å². The first-order valence-electron chi connectivity index (χ1n) is 5.28. The van der Waals surface area contributed by atoms with Crippen LogP contribution in [0.2, 0.25) is 0 Å². The van der Waals surface area contributed by atoms with Crippen molar-refractivity contribution in [2.45, 2.75) is 29.7 Å². The van der Waals surface area contributed by atoms with Gasteiger partial charge in [-0.05, 0) is 18.1 Å². The smallest absolute Gasteiger partial charge is 0.0696 e. The molecule has 0 saturated heterocycles. The minimum atomic E-state index is -1.03. The van der Waals surface area contributed by atoms with E-state index in [1.165, 1.54) is 0 Å². The minimum absolute atomic E-state index is 0.00964. The van der Waals surface area contributed by atoms with Crippen LogP contribution in [-0.2, 0) is 10.8 Å². The zero-order chi connectivity index (χ0) is 12.1. The first-order chi connectivity index (χ1) is 7.52. The summed E-state index contributed by atoms with van der Waals surface area (Å²) in [4.78, 5) is 0.846. The second-order valence-electron chi connectivity index (χ2n) is 3.97. The Morgan fingerprint density at radius 2 is 1.88 bits per heavy atom. The molecule has 4 heteroatoms. The van der Waals surface area contributed by atoms with Crippen LogP contribution >= 0.6 is 15.9 Å². The fourth-order valence-corrected chi connectivity index (χ4v) is 3.31. The average molecular weight is 305 g/mol. The molecule has 0 unspecified atom stereocenters. The van der Waals surface area contributed by atoms with Gasteiger partial charge in [-0.2, -0.15) is 0 Å². The summed E-state index contributed by atoms with van der Waals surface area (Å²) in [6.07, 6.45) is -0.465. The lowest BCUT2D eigenvalue weighted by molar-refractivity contribution is 0.130. The van der Waals surface area contributed by atoms with Crippen LogP contribution in [-0.4, -0.2) is 26.0 Å². The van der Waals surface area contributed by atoms with Crippen molar-refractivity contribution in [1.82, 2.24) is 0 Å². The molecule has 0 radical (unpaired) electrons. The van der Waals surface area contributed by atoms with Gasteiger partial charge in [0.25, 0.3) is 0 Å². The molecule has 1 rings (SSSR count). The maximum atomic E-state index is 12.0. The molecule has 1 aromatic rings. The second kappa shape index (κ2) is 6.52. The first kappa shape index (κ1) is 13.9. The molecule has 0 aliphatic carbocycles. The summed E-state index contributed by atoms with van der Waals surface area (Å²) in [5.41, 5.74) is 0. The van der Waals surface area contributed by atoms with Gasteiger partial charge >= 0.3 is 0 Å². The van der Waals surface area contributed by atoms with Gasteiger partial charge in [0.2, 0.25) is 0 Å².